The maximum Gasteiger partial charge on any atom is 0.303 e. The average Bonchev–Trinajstić information content (AvgIpc) is 3.15. The van der Waals surface area contributed by atoms with Crippen LogP contribution in [0.25, 0.3) is 22.0 Å². The minimum absolute atomic E-state index is 0.0428. The maximum atomic E-state index is 13.0. The molecule has 0 unspecified atom stereocenters. The van der Waals surface area contributed by atoms with E-state index in [2.05, 4.69) is 19.7 Å². The summed E-state index contributed by atoms with van der Waals surface area (Å²) in [6, 6.07) is 6.84. The molecule has 0 amide bonds. The highest BCUT2D eigenvalue weighted by molar-refractivity contribution is 7.94. The smallest absolute Gasteiger partial charge is 0.303 e. The number of carboxylic acid groups (broad SMARTS) is 1. The number of carboxylic acids is 1. The zero-order valence-corrected chi connectivity index (χ0v) is 20.9. The number of aromatic nitrogens is 4. The van der Waals surface area contributed by atoms with Gasteiger partial charge in [0, 0.05) is 24.7 Å². The summed E-state index contributed by atoms with van der Waals surface area (Å²) in [6.07, 6.45) is 3.29. The molecule has 0 bridgehead atoms. The second-order valence-corrected chi connectivity index (χ2v) is 11.1. The van der Waals surface area contributed by atoms with Gasteiger partial charge in [-0.15, -0.1) is 11.3 Å². The number of aryl methyl sites for hydroxylation is 4. The fourth-order valence-electron chi connectivity index (χ4n) is 3.65. The number of fused-ring (bicyclic) bond motifs is 1. The van der Waals surface area contributed by atoms with Crippen molar-refractivity contribution in [1.82, 2.24) is 19.5 Å². The van der Waals surface area contributed by atoms with Crippen LogP contribution in [-0.4, -0.2) is 39.0 Å². The summed E-state index contributed by atoms with van der Waals surface area (Å²) in [7, 11) is -3.85. The Bertz CT molecular complexity index is 1610. The van der Waals surface area contributed by atoms with Crippen LogP contribution in [0.5, 0.6) is 0 Å². The Hall–Kier alpha value is -3.64. The van der Waals surface area contributed by atoms with Gasteiger partial charge in [0.05, 0.1) is 39.3 Å². The Morgan fingerprint density at radius 3 is 2.57 bits per heavy atom. The van der Waals surface area contributed by atoms with Crippen molar-refractivity contribution in [2.75, 3.05) is 4.72 Å². The number of nitrogens with zero attached hydrogens (tertiary/aromatic N) is 4. The first-order valence-electron chi connectivity index (χ1n) is 10.7. The third-order valence-corrected chi connectivity index (χ3v) is 8.43. The minimum atomic E-state index is -3.85. The second-order valence-electron chi connectivity index (χ2n) is 8.04. The molecule has 12 heteroatoms. The van der Waals surface area contributed by atoms with Crippen LogP contribution in [0.15, 0.2) is 45.8 Å². The maximum absolute atomic E-state index is 13.0. The number of aliphatic carboxylic acids is 1. The van der Waals surface area contributed by atoms with E-state index in [-0.39, 0.29) is 22.7 Å². The standard InChI is InChI=1S/C23H23N5O5S2/c1-13-20(27-35(32,33)23-14(2)26-15(3)34-23)10-17(11-24-13)16-6-7-19-18(9-16)22(31)28(12-25-19)8-4-5-21(29)30/h6-7,9-12,27H,4-5,8H2,1-3H3,(H,29,30). The lowest BCUT2D eigenvalue weighted by atomic mass is 10.0. The number of hydrogen-bond donors (Lipinski definition) is 2. The molecule has 3 aromatic heterocycles. The molecule has 0 saturated heterocycles. The van der Waals surface area contributed by atoms with Crippen molar-refractivity contribution in [3.05, 3.63) is 63.5 Å². The van der Waals surface area contributed by atoms with Crippen molar-refractivity contribution in [3.63, 3.8) is 0 Å². The molecule has 0 radical (unpaired) electrons. The molecular weight excluding hydrogens is 490 g/mol. The van der Waals surface area contributed by atoms with Gasteiger partial charge in [-0.25, -0.2) is 18.4 Å². The van der Waals surface area contributed by atoms with Crippen LogP contribution in [0.2, 0.25) is 0 Å². The first-order valence-corrected chi connectivity index (χ1v) is 13.0. The first-order chi connectivity index (χ1) is 16.5. The van der Waals surface area contributed by atoms with Gasteiger partial charge < -0.3 is 5.11 Å². The average molecular weight is 514 g/mol. The van der Waals surface area contributed by atoms with Crippen molar-refractivity contribution in [1.29, 1.82) is 0 Å². The van der Waals surface area contributed by atoms with E-state index in [9.17, 15) is 18.0 Å². The summed E-state index contributed by atoms with van der Waals surface area (Å²) >= 11 is 1.10. The number of benzene rings is 1. The van der Waals surface area contributed by atoms with E-state index < -0.39 is 16.0 Å². The van der Waals surface area contributed by atoms with Gasteiger partial charge in [0.15, 0.2) is 4.21 Å². The van der Waals surface area contributed by atoms with Crippen LogP contribution in [0, 0.1) is 20.8 Å². The molecule has 0 fully saturated rings. The number of carbonyl (C=O) groups is 1. The summed E-state index contributed by atoms with van der Waals surface area (Å²) in [5, 5.41) is 9.86. The van der Waals surface area contributed by atoms with Gasteiger partial charge in [0.25, 0.3) is 15.6 Å². The zero-order chi connectivity index (χ0) is 25.3. The Labute approximate surface area is 205 Å². The molecule has 0 saturated carbocycles. The molecule has 10 nitrogen and oxygen atoms in total. The Morgan fingerprint density at radius 2 is 1.89 bits per heavy atom. The van der Waals surface area contributed by atoms with E-state index in [0.717, 1.165) is 11.3 Å². The van der Waals surface area contributed by atoms with Crippen LogP contribution >= 0.6 is 11.3 Å². The molecule has 35 heavy (non-hydrogen) atoms. The fourth-order valence-corrected chi connectivity index (χ4v) is 6.24. The van der Waals surface area contributed by atoms with Gasteiger partial charge in [-0.3, -0.25) is 23.9 Å². The van der Waals surface area contributed by atoms with Gasteiger partial charge in [0.2, 0.25) is 0 Å². The van der Waals surface area contributed by atoms with Crippen molar-refractivity contribution in [2.45, 2.75) is 44.4 Å². The molecule has 0 spiro atoms. The number of thiazole rings is 1. The Morgan fingerprint density at radius 1 is 1.11 bits per heavy atom. The quantitative estimate of drug-likeness (QED) is 0.364. The molecule has 182 valence electrons. The van der Waals surface area contributed by atoms with Gasteiger partial charge in [-0.05, 0) is 51.0 Å². The predicted molar refractivity (Wildman–Crippen MR) is 133 cm³/mol. The molecule has 0 aliphatic rings. The number of hydrogen-bond acceptors (Lipinski definition) is 8. The minimum Gasteiger partial charge on any atom is -0.481 e. The van der Waals surface area contributed by atoms with Crippen LogP contribution in [0.3, 0.4) is 0 Å². The summed E-state index contributed by atoms with van der Waals surface area (Å²) in [5.41, 5.74) is 2.77. The van der Waals surface area contributed by atoms with E-state index in [4.69, 9.17) is 5.11 Å². The van der Waals surface area contributed by atoms with Gasteiger partial charge >= 0.3 is 5.97 Å². The van der Waals surface area contributed by atoms with Crippen LogP contribution < -0.4 is 10.3 Å². The van der Waals surface area contributed by atoms with E-state index >= 15 is 0 Å². The molecule has 0 aliphatic carbocycles. The Balaban J connectivity index is 1.69. The number of pyridine rings is 1. The van der Waals surface area contributed by atoms with Crippen LogP contribution in [0.1, 0.15) is 29.2 Å². The van der Waals surface area contributed by atoms with Crippen molar-refractivity contribution in [3.8, 4) is 11.1 Å². The molecule has 4 rings (SSSR count). The molecule has 0 atom stereocenters. The molecular formula is C23H23N5O5S2. The summed E-state index contributed by atoms with van der Waals surface area (Å²) in [6.45, 7) is 5.34. The monoisotopic (exact) mass is 513 g/mol. The molecule has 0 aliphatic heterocycles. The van der Waals surface area contributed by atoms with Crippen molar-refractivity contribution in [2.24, 2.45) is 0 Å². The van der Waals surface area contributed by atoms with Crippen LogP contribution in [-0.2, 0) is 21.4 Å². The van der Waals surface area contributed by atoms with E-state index in [1.165, 1.54) is 10.9 Å². The van der Waals surface area contributed by atoms with E-state index in [0.29, 0.717) is 50.5 Å². The lowest BCUT2D eigenvalue weighted by molar-refractivity contribution is -0.137. The van der Waals surface area contributed by atoms with Crippen molar-refractivity contribution >= 4 is 43.9 Å². The molecule has 3 heterocycles. The van der Waals surface area contributed by atoms with Gasteiger partial charge in [-0.2, -0.15) is 0 Å². The largest absolute Gasteiger partial charge is 0.481 e. The third-order valence-electron chi connectivity index (χ3n) is 5.38. The third kappa shape index (κ3) is 5.23. The number of nitrogens with one attached hydrogen (secondary N) is 1. The summed E-state index contributed by atoms with van der Waals surface area (Å²) in [4.78, 5) is 36.6. The molecule has 4 aromatic rings. The highest BCUT2D eigenvalue weighted by atomic mass is 32.2. The number of sulfonamides is 1. The Kier molecular flexibility index (Phi) is 6.68. The molecule has 2 N–H and O–H groups in total. The predicted octanol–water partition coefficient (Wildman–Crippen LogP) is 3.51. The van der Waals surface area contributed by atoms with Gasteiger partial charge in [-0.1, -0.05) is 6.07 Å². The zero-order valence-electron chi connectivity index (χ0n) is 19.3. The number of anilines is 1. The van der Waals surface area contributed by atoms with E-state index in [1.54, 1.807) is 51.2 Å². The normalized spacial score (nSPS) is 11.6. The highest BCUT2D eigenvalue weighted by Crippen LogP contribution is 2.29. The second kappa shape index (κ2) is 9.55. The topological polar surface area (TPSA) is 144 Å². The summed E-state index contributed by atoms with van der Waals surface area (Å²) in [5.74, 6) is -0.923. The molecule has 1 aromatic carbocycles. The number of rotatable bonds is 8. The lowest BCUT2D eigenvalue weighted by Crippen LogP contribution is -2.21. The summed E-state index contributed by atoms with van der Waals surface area (Å²) < 4.78 is 30.1. The fraction of sp³-hybridized carbons (Fsp3) is 0.261. The SMILES string of the molecule is Cc1nc(C)c(S(=O)(=O)Nc2cc(-c3ccc4ncn(CCCC(=O)O)c(=O)c4c3)cnc2C)s1. The highest BCUT2D eigenvalue weighted by Gasteiger charge is 2.22. The van der Waals surface area contributed by atoms with Gasteiger partial charge in [0.1, 0.15) is 0 Å². The lowest BCUT2D eigenvalue weighted by Gasteiger charge is -2.12. The van der Waals surface area contributed by atoms with Crippen molar-refractivity contribution < 1.29 is 18.3 Å². The van der Waals surface area contributed by atoms with E-state index in [1.807, 2.05) is 0 Å². The first kappa shape index (κ1) is 24.5. The van der Waals surface area contributed by atoms with Crippen LogP contribution in [0.4, 0.5) is 5.69 Å².